The first-order chi connectivity index (χ1) is 27.7. The minimum absolute atomic E-state index is 0.631. The Labute approximate surface area is 319 Å². The number of hydrogen-bond acceptors (Lipinski definition) is 4. The van der Waals surface area contributed by atoms with Crippen LogP contribution in [0.25, 0.3) is 127 Å². The third-order valence-corrected chi connectivity index (χ3v) is 11.7. The van der Waals surface area contributed by atoms with Crippen molar-refractivity contribution in [3.63, 3.8) is 0 Å². The first kappa shape index (κ1) is 29.8. The molecule has 0 fully saturated rings. The van der Waals surface area contributed by atoms with Gasteiger partial charge in [0.25, 0.3) is 0 Å². The second-order valence-corrected chi connectivity index (χ2v) is 14.8. The van der Waals surface area contributed by atoms with Crippen molar-refractivity contribution in [2.75, 3.05) is 0 Å². The van der Waals surface area contributed by atoms with E-state index in [1.54, 1.807) is 0 Å². The maximum Gasteiger partial charge on any atom is 0.164 e. The largest absolute Gasteiger partial charge is 0.456 e. The van der Waals surface area contributed by atoms with E-state index in [4.69, 9.17) is 19.4 Å². The number of furan rings is 1. The summed E-state index contributed by atoms with van der Waals surface area (Å²) in [4.78, 5) is 15.3. The predicted molar refractivity (Wildman–Crippen MR) is 229 cm³/mol. The van der Waals surface area contributed by atoms with Crippen LogP contribution < -0.4 is 0 Å². The highest BCUT2D eigenvalue weighted by atomic mass is 16.3. The quantitative estimate of drug-likeness (QED) is 0.182. The SMILES string of the molecule is c1ccc(-c2nc(-c3ccc4ccccc4c3)nc(-c3ccc4cccc(-n5c6cccc7c6c6c8c(ccc9oc%10cccc-7c%10c98)ccc65)c4c3)n2)cc1. The zero-order valence-corrected chi connectivity index (χ0v) is 29.9. The van der Waals surface area contributed by atoms with Crippen LogP contribution in [0.5, 0.6) is 0 Å². The molecule has 0 amide bonds. The summed E-state index contributed by atoms with van der Waals surface area (Å²) < 4.78 is 8.94. The van der Waals surface area contributed by atoms with E-state index in [0.717, 1.165) is 55.2 Å². The molecule has 5 nitrogen and oxygen atoms in total. The van der Waals surface area contributed by atoms with E-state index in [-0.39, 0.29) is 0 Å². The highest BCUT2D eigenvalue weighted by Gasteiger charge is 2.26. The molecule has 56 heavy (non-hydrogen) atoms. The molecule has 0 aliphatic heterocycles. The van der Waals surface area contributed by atoms with Gasteiger partial charge in [-0.2, -0.15) is 0 Å². The van der Waals surface area contributed by atoms with E-state index in [1.165, 1.54) is 54.3 Å². The smallest absolute Gasteiger partial charge is 0.164 e. The lowest BCUT2D eigenvalue weighted by Crippen LogP contribution is -2.00. The van der Waals surface area contributed by atoms with Crippen molar-refractivity contribution in [1.29, 1.82) is 0 Å². The molecular weight excluding hydrogens is 685 g/mol. The van der Waals surface area contributed by atoms with Crippen LogP contribution in [0.2, 0.25) is 0 Å². The van der Waals surface area contributed by atoms with Crippen LogP contribution in [0.3, 0.4) is 0 Å². The monoisotopic (exact) mass is 712 g/mol. The van der Waals surface area contributed by atoms with E-state index in [1.807, 2.05) is 18.2 Å². The highest BCUT2D eigenvalue weighted by Crippen LogP contribution is 2.51. The topological polar surface area (TPSA) is 56.7 Å². The number of aromatic nitrogens is 4. The predicted octanol–water partition coefficient (Wildman–Crippen LogP) is 13.3. The van der Waals surface area contributed by atoms with Gasteiger partial charge in [0.2, 0.25) is 0 Å². The van der Waals surface area contributed by atoms with Crippen molar-refractivity contribution in [3.05, 3.63) is 170 Å². The molecule has 3 aromatic heterocycles. The van der Waals surface area contributed by atoms with E-state index >= 15 is 0 Å². The zero-order valence-electron chi connectivity index (χ0n) is 29.9. The lowest BCUT2D eigenvalue weighted by molar-refractivity contribution is 0.669. The van der Waals surface area contributed by atoms with Crippen molar-refractivity contribution in [3.8, 4) is 51.0 Å². The molecule has 0 unspecified atom stereocenters. The maximum absolute atomic E-state index is 6.49. The zero-order chi connectivity index (χ0) is 36.5. The second-order valence-electron chi connectivity index (χ2n) is 14.8. The van der Waals surface area contributed by atoms with Crippen LogP contribution >= 0.6 is 0 Å². The molecule has 0 N–H and O–H groups in total. The second kappa shape index (κ2) is 11.0. The summed E-state index contributed by atoms with van der Waals surface area (Å²) in [5.74, 6) is 1.92. The number of nitrogens with zero attached hydrogens (tertiary/aromatic N) is 4. The maximum atomic E-state index is 6.49. The molecule has 0 saturated heterocycles. The van der Waals surface area contributed by atoms with Gasteiger partial charge in [0.05, 0.1) is 16.7 Å². The third-order valence-electron chi connectivity index (χ3n) is 11.7. The van der Waals surface area contributed by atoms with Gasteiger partial charge >= 0.3 is 0 Å². The van der Waals surface area contributed by atoms with Crippen molar-refractivity contribution < 1.29 is 4.42 Å². The van der Waals surface area contributed by atoms with Crippen LogP contribution in [-0.2, 0) is 0 Å². The summed E-state index contributed by atoms with van der Waals surface area (Å²) >= 11 is 0. The summed E-state index contributed by atoms with van der Waals surface area (Å²) in [6.45, 7) is 0. The van der Waals surface area contributed by atoms with Gasteiger partial charge in [-0.1, -0.05) is 127 Å². The van der Waals surface area contributed by atoms with Crippen LogP contribution in [0, 0.1) is 0 Å². The van der Waals surface area contributed by atoms with Crippen molar-refractivity contribution >= 4 is 76.1 Å². The Bertz CT molecular complexity index is 3650. The van der Waals surface area contributed by atoms with Crippen molar-refractivity contribution in [2.24, 2.45) is 0 Å². The van der Waals surface area contributed by atoms with Crippen LogP contribution in [-0.4, -0.2) is 19.5 Å². The Kier molecular flexibility index (Phi) is 5.83. The minimum Gasteiger partial charge on any atom is -0.456 e. The summed E-state index contributed by atoms with van der Waals surface area (Å²) in [6, 6.07) is 60.2. The molecule has 0 bridgehead atoms. The third kappa shape index (κ3) is 4.06. The molecule has 5 heteroatoms. The van der Waals surface area contributed by atoms with E-state index in [0.29, 0.717) is 17.5 Å². The van der Waals surface area contributed by atoms with Crippen LogP contribution in [0.4, 0.5) is 0 Å². The molecule has 13 rings (SSSR count). The molecule has 0 spiro atoms. The molecular formula is C51H28N4O. The minimum atomic E-state index is 0.631. The van der Waals surface area contributed by atoms with Crippen LogP contribution in [0.15, 0.2) is 174 Å². The fourth-order valence-electron chi connectivity index (χ4n) is 9.25. The van der Waals surface area contributed by atoms with Gasteiger partial charge in [-0.05, 0) is 75.1 Å². The first-order valence-corrected chi connectivity index (χ1v) is 18.9. The Morgan fingerprint density at radius 1 is 0.357 bits per heavy atom. The van der Waals surface area contributed by atoms with Crippen LogP contribution in [0.1, 0.15) is 0 Å². The molecule has 0 saturated carbocycles. The number of hydrogen-bond donors (Lipinski definition) is 0. The first-order valence-electron chi connectivity index (χ1n) is 18.9. The van der Waals surface area contributed by atoms with Gasteiger partial charge in [-0.15, -0.1) is 0 Å². The van der Waals surface area contributed by atoms with Gasteiger partial charge in [0.15, 0.2) is 17.5 Å². The Hall–Kier alpha value is -7.63. The summed E-state index contributed by atoms with van der Waals surface area (Å²) in [5.41, 5.74) is 10.5. The average Bonchev–Trinajstić information content (AvgIpc) is 3.78. The number of benzene rings is 9. The Morgan fingerprint density at radius 2 is 0.982 bits per heavy atom. The number of rotatable bonds is 4. The summed E-state index contributed by atoms with van der Waals surface area (Å²) in [7, 11) is 0. The molecule has 9 aromatic carbocycles. The molecule has 1 aliphatic rings. The van der Waals surface area contributed by atoms with E-state index in [9.17, 15) is 0 Å². The fraction of sp³-hybridized carbons (Fsp3) is 0. The van der Waals surface area contributed by atoms with Crippen molar-refractivity contribution in [1.82, 2.24) is 19.5 Å². The molecule has 258 valence electrons. The standard InChI is InChI=1S/C51H28N4O/c1-2-10-32(11-3-1)49-52-50(34-21-19-29-9-4-5-12-33(29)27-34)54-51(53-49)35-22-20-30-13-6-16-39(38(30)28-35)55-40-17-7-14-36-37-15-8-18-42-46(37)48-43(56-42)26-24-31-23-25-41(55)47(44(31)48)45(36)40/h1-28H. The van der Waals surface area contributed by atoms with Gasteiger partial charge in [-0.3, -0.25) is 0 Å². The van der Waals surface area contributed by atoms with Gasteiger partial charge in [-0.25, -0.2) is 15.0 Å². The highest BCUT2D eigenvalue weighted by molar-refractivity contribution is 6.38. The lowest BCUT2D eigenvalue weighted by atomic mass is 9.98. The van der Waals surface area contributed by atoms with Gasteiger partial charge < -0.3 is 8.98 Å². The Balaban J connectivity index is 1.08. The van der Waals surface area contributed by atoms with Gasteiger partial charge in [0.1, 0.15) is 11.2 Å². The molecule has 3 heterocycles. The molecule has 1 aliphatic carbocycles. The van der Waals surface area contributed by atoms with Crippen molar-refractivity contribution in [2.45, 2.75) is 0 Å². The lowest BCUT2D eigenvalue weighted by Gasteiger charge is -2.14. The molecule has 0 atom stereocenters. The summed E-state index contributed by atoms with van der Waals surface area (Å²) in [5, 5.41) is 12.0. The van der Waals surface area contributed by atoms with E-state index < -0.39 is 0 Å². The van der Waals surface area contributed by atoms with Gasteiger partial charge in [0, 0.05) is 49.0 Å². The molecule has 0 radical (unpaired) electrons. The summed E-state index contributed by atoms with van der Waals surface area (Å²) in [6.07, 6.45) is 0. The van der Waals surface area contributed by atoms with E-state index in [2.05, 4.69) is 156 Å². The average molecular weight is 713 g/mol. The molecule has 12 aromatic rings. The Morgan fingerprint density at radius 3 is 1.84 bits per heavy atom. The number of fused-ring (bicyclic) bond motifs is 3. The fourth-order valence-corrected chi connectivity index (χ4v) is 9.25. The normalized spacial score (nSPS) is 12.3.